The number of rotatable bonds is 2. The van der Waals surface area contributed by atoms with Crippen LogP contribution in [0.15, 0.2) is 27.8 Å². The van der Waals surface area contributed by atoms with Gasteiger partial charge in [0.05, 0.1) is 10.9 Å². The van der Waals surface area contributed by atoms with E-state index in [2.05, 4.69) is 0 Å². The van der Waals surface area contributed by atoms with Crippen LogP contribution in [0.3, 0.4) is 0 Å². The molecule has 0 fully saturated rings. The number of benzene rings is 1. The van der Waals surface area contributed by atoms with E-state index in [9.17, 15) is 9.59 Å². The maximum absolute atomic E-state index is 12.5. The van der Waals surface area contributed by atoms with Crippen LogP contribution in [0.1, 0.15) is 25.5 Å². The molecule has 0 spiro atoms. The van der Waals surface area contributed by atoms with Crippen LogP contribution in [0.2, 0.25) is 0 Å². The van der Waals surface area contributed by atoms with E-state index in [1.807, 2.05) is 6.92 Å². The van der Waals surface area contributed by atoms with Crippen LogP contribution in [0.4, 0.5) is 0 Å². The SMILES string of the molecule is Cc1ccc2c(c1)c(=O)n(C(C)C)c(=O)n2SC(Cl)(Cl)Cl. The van der Waals surface area contributed by atoms with E-state index < -0.39 is 8.81 Å². The molecule has 21 heavy (non-hydrogen) atoms. The second-order valence-corrected chi connectivity index (χ2v) is 9.02. The molecule has 2 aromatic rings. The molecule has 0 amide bonds. The van der Waals surface area contributed by atoms with Crippen molar-refractivity contribution in [3.05, 3.63) is 44.6 Å². The molecule has 0 saturated heterocycles. The second-order valence-electron chi connectivity index (χ2n) is 4.90. The Morgan fingerprint density at radius 2 is 1.81 bits per heavy atom. The quantitative estimate of drug-likeness (QED) is 0.757. The third kappa shape index (κ3) is 3.42. The summed E-state index contributed by atoms with van der Waals surface area (Å²) < 4.78 is 0.704. The molecular weight excluding hydrogens is 355 g/mol. The number of nitrogens with zero attached hydrogens (tertiary/aromatic N) is 2. The lowest BCUT2D eigenvalue weighted by Gasteiger charge is -2.18. The van der Waals surface area contributed by atoms with Crippen molar-refractivity contribution in [3.8, 4) is 0 Å². The smallest absolute Gasteiger partial charge is 0.268 e. The van der Waals surface area contributed by atoms with Gasteiger partial charge in [0.15, 0.2) is 0 Å². The molecule has 0 atom stereocenters. The molecule has 0 N–H and O–H groups in total. The van der Waals surface area contributed by atoms with Crippen molar-refractivity contribution in [3.63, 3.8) is 0 Å². The fourth-order valence-corrected chi connectivity index (χ4v) is 3.31. The van der Waals surface area contributed by atoms with Crippen molar-refractivity contribution < 1.29 is 0 Å². The predicted octanol–water partition coefficient (Wildman–Crippen LogP) is 3.88. The first-order valence-electron chi connectivity index (χ1n) is 6.16. The Labute approximate surface area is 140 Å². The van der Waals surface area contributed by atoms with Crippen LogP contribution in [0.5, 0.6) is 0 Å². The summed E-state index contributed by atoms with van der Waals surface area (Å²) >= 11 is 18.1. The molecule has 0 aliphatic rings. The summed E-state index contributed by atoms with van der Waals surface area (Å²) in [5, 5.41) is 0.421. The van der Waals surface area contributed by atoms with Gasteiger partial charge in [0, 0.05) is 18.0 Å². The van der Waals surface area contributed by atoms with Gasteiger partial charge in [-0.2, -0.15) is 0 Å². The summed E-state index contributed by atoms with van der Waals surface area (Å²) in [5.74, 6) is 0. The lowest BCUT2D eigenvalue weighted by atomic mass is 10.1. The molecule has 0 aliphatic heterocycles. The Bertz CT molecular complexity index is 806. The zero-order valence-corrected chi connectivity index (χ0v) is 14.6. The second kappa shape index (κ2) is 5.88. The Hall–Kier alpha value is -0.620. The summed E-state index contributed by atoms with van der Waals surface area (Å²) in [6, 6.07) is 4.92. The lowest BCUT2D eigenvalue weighted by Crippen LogP contribution is -2.40. The van der Waals surface area contributed by atoms with Crippen molar-refractivity contribution in [2.45, 2.75) is 29.9 Å². The maximum atomic E-state index is 12.5. The van der Waals surface area contributed by atoms with Crippen molar-refractivity contribution in [1.29, 1.82) is 0 Å². The van der Waals surface area contributed by atoms with Gasteiger partial charge in [0.2, 0.25) is 0 Å². The minimum Gasteiger partial charge on any atom is -0.268 e. The first kappa shape index (κ1) is 16.7. The summed E-state index contributed by atoms with van der Waals surface area (Å²) in [7, 11) is 0. The third-order valence-electron chi connectivity index (χ3n) is 2.91. The highest BCUT2D eigenvalue weighted by Gasteiger charge is 2.26. The van der Waals surface area contributed by atoms with E-state index in [4.69, 9.17) is 34.8 Å². The Balaban J connectivity index is 2.95. The summed E-state index contributed by atoms with van der Waals surface area (Å²) in [6.45, 7) is 5.39. The maximum Gasteiger partial charge on any atom is 0.342 e. The lowest BCUT2D eigenvalue weighted by molar-refractivity contribution is 0.548. The highest BCUT2D eigenvalue weighted by atomic mass is 35.6. The first-order valence-corrected chi connectivity index (χ1v) is 8.06. The topological polar surface area (TPSA) is 44.0 Å². The minimum atomic E-state index is -1.71. The van der Waals surface area contributed by atoms with E-state index >= 15 is 0 Å². The molecule has 0 unspecified atom stereocenters. The normalized spacial score (nSPS) is 12.3. The van der Waals surface area contributed by atoms with Gasteiger partial charge in [0.25, 0.3) is 8.68 Å². The van der Waals surface area contributed by atoms with Crippen LogP contribution < -0.4 is 11.2 Å². The molecule has 0 aliphatic carbocycles. The standard InChI is InChI=1S/C13H13Cl3N2O2S/c1-7(2)17-11(19)9-6-8(3)4-5-10(9)18(12(17)20)21-13(14,15)16/h4-7H,1-3H3. The summed E-state index contributed by atoms with van der Waals surface area (Å²) in [4.78, 5) is 25.0. The van der Waals surface area contributed by atoms with Crippen molar-refractivity contribution in [1.82, 2.24) is 8.54 Å². The Kier molecular flexibility index (Phi) is 4.69. The van der Waals surface area contributed by atoms with Gasteiger partial charge in [0.1, 0.15) is 0 Å². The Morgan fingerprint density at radius 3 is 2.33 bits per heavy atom. The zero-order chi connectivity index (χ0) is 15.9. The summed E-state index contributed by atoms with van der Waals surface area (Å²) in [5.41, 5.74) is 0.500. The first-order chi connectivity index (χ1) is 9.61. The van der Waals surface area contributed by atoms with E-state index in [1.54, 1.807) is 32.0 Å². The molecule has 2 rings (SSSR count). The van der Waals surface area contributed by atoms with Gasteiger partial charge in [-0.1, -0.05) is 46.4 Å². The van der Waals surface area contributed by atoms with Crippen LogP contribution >= 0.6 is 46.8 Å². The monoisotopic (exact) mass is 366 g/mol. The number of fused-ring (bicyclic) bond motifs is 1. The fourth-order valence-electron chi connectivity index (χ4n) is 2.06. The van der Waals surface area contributed by atoms with Crippen LogP contribution in [-0.4, -0.2) is 11.7 Å². The summed E-state index contributed by atoms with van der Waals surface area (Å²) in [6.07, 6.45) is 0. The molecule has 0 saturated carbocycles. The molecule has 1 aromatic heterocycles. The van der Waals surface area contributed by atoms with E-state index in [0.29, 0.717) is 10.9 Å². The van der Waals surface area contributed by atoms with E-state index in [1.165, 1.54) is 3.97 Å². The van der Waals surface area contributed by atoms with Gasteiger partial charge in [-0.3, -0.25) is 9.36 Å². The molecular formula is C13H13Cl3N2O2S. The zero-order valence-electron chi connectivity index (χ0n) is 11.6. The molecule has 114 valence electrons. The van der Waals surface area contributed by atoms with E-state index in [-0.39, 0.29) is 11.6 Å². The highest BCUT2D eigenvalue weighted by molar-refractivity contribution is 8.03. The molecule has 0 bridgehead atoms. The number of aryl methyl sites for hydroxylation is 1. The van der Waals surface area contributed by atoms with Gasteiger partial charge in [-0.05, 0) is 32.9 Å². The van der Waals surface area contributed by atoms with E-state index in [0.717, 1.165) is 22.1 Å². The molecule has 8 heteroatoms. The third-order valence-corrected chi connectivity index (χ3v) is 4.27. The molecule has 4 nitrogen and oxygen atoms in total. The fraction of sp³-hybridized carbons (Fsp3) is 0.385. The number of hydrogen-bond acceptors (Lipinski definition) is 3. The number of hydrogen-bond donors (Lipinski definition) is 0. The van der Waals surface area contributed by atoms with Crippen LogP contribution in [0, 0.1) is 6.92 Å². The Morgan fingerprint density at radius 1 is 1.19 bits per heavy atom. The van der Waals surface area contributed by atoms with Crippen molar-refractivity contribution in [2.75, 3.05) is 0 Å². The number of aromatic nitrogens is 2. The van der Waals surface area contributed by atoms with Gasteiger partial charge < -0.3 is 0 Å². The van der Waals surface area contributed by atoms with Crippen molar-refractivity contribution in [2.24, 2.45) is 0 Å². The van der Waals surface area contributed by atoms with Crippen LogP contribution in [-0.2, 0) is 0 Å². The molecule has 0 radical (unpaired) electrons. The number of halogens is 3. The van der Waals surface area contributed by atoms with Gasteiger partial charge >= 0.3 is 5.69 Å². The van der Waals surface area contributed by atoms with Crippen LogP contribution in [0.25, 0.3) is 10.9 Å². The largest absolute Gasteiger partial charge is 0.342 e. The average molecular weight is 368 g/mol. The minimum absolute atomic E-state index is 0.294. The van der Waals surface area contributed by atoms with Crippen molar-refractivity contribution >= 4 is 57.7 Å². The van der Waals surface area contributed by atoms with Gasteiger partial charge in [-0.15, -0.1) is 0 Å². The predicted molar refractivity (Wildman–Crippen MR) is 90.9 cm³/mol. The molecule has 1 aromatic carbocycles. The average Bonchev–Trinajstić information content (AvgIpc) is 2.33. The number of alkyl halides is 3. The molecule has 1 heterocycles. The van der Waals surface area contributed by atoms with Gasteiger partial charge in [-0.25, -0.2) is 8.77 Å². The highest BCUT2D eigenvalue weighted by Crippen LogP contribution is 2.39.